The van der Waals surface area contributed by atoms with Crippen molar-refractivity contribution >= 4 is 34.3 Å². The lowest BCUT2D eigenvalue weighted by molar-refractivity contribution is -0.126. The Bertz CT molecular complexity index is 902. The van der Waals surface area contributed by atoms with E-state index in [2.05, 4.69) is 10.5 Å². The number of carbonyl (C=O) groups is 1. The number of hydrogen-bond acceptors (Lipinski definition) is 4. The molecular weight excluding hydrogens is 354 g/mol. The van der Waals surface area contributed by atoms with Gasteiger partial charge in [0.05, 0.1) is 6.04 Å². The predicted octanol–water partition coefficient (Wildman–Crippen LogP) is 3.60. The summed E-state index contributed by atoms with van der Waals surface area (Å²) in [5.74, 6) is 0.508. The summed E-state index contributed by atoms with van der Waals surface area (Å²) in [4.78, 5) is 17.0. The van der Waals surface area contributed by atoms with E-state index in [1.165, 1.54) is 0 Å². The molecule has 0 aliphatic heterocycles. The molecule has 0 spiro atoms. The van der Waals surface area contributed by atoms with Crippen LogP contribution in [-0.2, 0) is 9.63 Å². The zero-order valence-corrected chi connectivity index (χ0v) is 14.9. The molecule has 0 aliphatic carbocycles. The molecule has 6 nitrogen and oxygen atoms in total. The van der Waals surface area contributed by atoms with E-state index in [9.17, 15) is 4.79 Å². The number of oxime groups is 1. The third-order valence-electron chi connectivity index (χ3n) is 3.75. The number of fused-ring (bicyclic) bond motifs is 1. The summed E-state index contributed by atoms with van der Waals surface area (Å²) >= 11 is 5.81. The van der Waals surface area contributed by atoms with Gasteiger partial charge in [0.25, 0.3) is 5.91 Å². The molecule has 3 N–H and O–H groups in total. The Labute approximate surface area is 155 Å². The molecule has 1 heterocycles. The minimum atomic E-state index is -0.328. The zero-order chi connectivity index (χ0) is 18.5. The number of benzene rings is 2. The van der Waals surface area contributed by atoms with Gasteiger partial charge in [-0.1, -0.05) is 35.0 Å². The molecule has 0 bridgehead atoms. The Morgan fingerprint density at radius 2 is 2.00 bits per heavy atom. The summed E-state index contributed by atoms with van der Waals surface area (Å²) in [6.45, 7) is 1.58. The van der Waals surface area contributed by atoms with Crippen LogP contribution in [0.25, 0.3) is 11.0 Å². The van der Waals surface area contributed by atoms with Gasteiger partial charge < -0.3 is 20.3 Å². The quantitative estimate of drug-likeness (QED) is 0.393. The van der Waals surface area contributed by atoms with E-state index >= 15 is 0 Å². The van der Waals surface area contributed by atoms with Gasteiger partial charge in [-0.25, -0.2) is 0 Å². The second kappa shape index (κ2) is 7.93. The number of nitrogens with zero attached hydrogens (tertiary/aromatic N) is 1. The number of furan rings is 1. The summed E-state index contributed by atoms with van der Waals surface area (Å²) in [7, 11) is 0. The summed E-state index contributed by atoms with van der Waals surface area (Å²) in [5.41, 5.74) is 7.24. The monoisotopic (exact) mass is 371 g/mol. The van der Waals surface area contributed by atoms with Crippen molar-refractivity contribution < 1.29 is 14.0 Å². The van der Waals surface area contributed by atoms with E-state index in [0.717, 1.165) is 11.0 Å². The Hall–Kier alpha value is -2.99. The van der Waals surface area contributed by atoms with Gasteiger partial charge in [-0.2, -0.15) is 0 Å². The molecule has 0 radical (unpaired) electrons. The van der Waals surface area contributed by atoms with Gasteiger partial charge in [0.2, 0.25) is 0 Å². The van der Waals surface area contributed by atoms with Crippen LogP contribution in [0.3, 0.4) is 0 Å². The largest absolute Gasteiger partial charge is 0.459 e. The molecule has 134 valence electrons. The molecule has 3 aromatic rings. The number of halogens is 1. The molecule has 1 unspecified atom stereocenters. The highest BCUT2D eigenvalue weighted by molar-refractivity contribution is 6.30. The van der Waals surface area contributed by atoms with Crippen molar-refractivity contribution in [2.75, 3.05) is 6.61 Å². The van der Waals surface area contributed by atoms with Crippen molar-refractivity contribution in [3.8, 4) is 0 Å². The van der Waals surface area contributed by atoms with Gasteiger partial charge >= 0.3 is 0 Å². The summed E-state index contributed by atoms with van der Waals surface area (Å²) in [6, 6.07) is 16.1. The van der Waals surface area contributed by atoms with Gasteiger partial charge in [0.1, 0.15) is 11.3 Å². The molecule has 0 saturated heterocycles. The van der Waals surface area contributed by atoms with Crippen LogP contribution in [0, 0.1) is 0 Å². The Morgan fingerprint density at radius 3 is 2.73 bits per heavy atom. The molecule has 7 heteroatoms. The Balaban J connectivity index is 1.53. The molecule has 3 rings (SSSR count). The Morgan fingerprint density at radius 1 is 1.27 bits per heavy atom. The maximum atomic E-state index is 12.0. The lowest BCUT2D eigenvalue weighted by atomic mass is 10.2. The highest BCUT2D eigenvalue weighted by Gasteiger charge is 2.14. The fraction of sp³-hybridized carbons (Fsp3) is 0.158. The number of para-hydroxylation sites is 1. The van der Waals surface area contributed by atoms with Crippen LogP contribution < -0.4 is 11.1 Å². The molecule has 0 aliphatic rings. The first-order valence-corrected chi connectivity index (χ1v) is 8.40. The van der Waals surface area contributed by atoms with Crippen LogP contribution in [0.2, 0.25) is 5.02 Å². The van der Waals surface area contributed by atoms with E-state index in [4.69, 9.17) is 26.6 Å². The molecule has 0 fully saturated rings. The fourth-order valence-corrected chi connectivity index (χ4v) is 2.53. The SMILES string of the molecule is CC(NC(=O)CO/N=C(\N)c1ccc(Cl)cc1)c1cc2ccccc2o1. The van der Waals surface area contributed by atoms with Crippen LogP contribution in [0.4, 0.5) is 0 Å². The van der Waals surface area contributed by atoms with E-state index in [1.54, 1.807) is 24.3 Å². The van der Waals surface area contributed by atoms with Crippen molar-refractivity contribution in [3.63, 3.8) is 0 Å². The summed E-state index contributed by atoms with van der Waals surface area (Å²) < 4.78 is 5.73. The lowest BCUT2D eigenvalue weighted by Gasteiger charge is -2.10. The number of nitrogens with one attached hydrogen (secondary N) is 1. The topological polar surface area (TPSA) is 89.8 Å². The van der Waals surface area contributed by atoms with Crippen LogP contribution >= 0.6 is 11.6 Å². The van der Waals surface area contributed by atoms with Gasteiger partial charge in [-0.15, -0.1) is 0 Å². The van der Waals surface area contributed by atoms with Crippen LogP contribution in [-0.4, -0.2) is 18.3 Å². The smallest absolute Gasteiger partial charge is 0.261 e. The second-order valence-electron chi connectivity index (χ2n) is 5.73. The Kier molecular flexibility index (Phi) is 5.43. The highest BCUT2D eigenvalue weighted by atomic mass is 35.5. The van der Waals surface area contributed by atoms with Gasteiger partial charge in [0, 0.05) is 16.0 Å². The van der Waals surface area contributed by atoms with Gasteiger partial charge in [-0.3, -0.25) is 4.79 Å². The molecule has 1 amide bonds. The molecular formula is C19H18ClN3O3. The van der Waals surface area contributed by atoms with Gasteiger partial charge in [0.15, 0.2) is 12.4 Å². The normalized spacial score (nSPS) is 12.8. The number of hydrogen-bond donors (Lipinski definition) is 2. The average Bonchev–Trinajstić information content (AvgIpc) is 3.06. The first kappa shape index (κ1) is 17.8. The van der Waals surface area contributed by atoms with Crippen molar-refractivity contribution in [2.45, 2.75) is 13.0 Å². The van der Waals surface area contributed by atoms with E-state index in [-0.39, 0.29) is 24.4 Å². The first-order chi connectivity index (χ1) is 12.5. The van der Waals surface area contributed by atoms with Gasteiger partial charge in [-0.05, 0) is 43.3 Å². The predicted molar refractivity (Wildman–Crippen MR) is 101 cm³/mol. The lowest BCUT2D eigenvalue weighted by Crippen LogP contribution is -2.29. The maximum absolute atomic E-state index is 12.0. The van der Waals surface area contributed by atoms with E-state index in [1.807, 2.05) is 37.3 Å². The van der Waals surface area contributed by atoms with Crippen molar-refractivity contribution in [1.82, 2.24) is 5.32 Å². The molecule has 1 aromatic heterocycles. The third-order valence-corrected chi connectivity index (χ3v) is 4.00. The fourth-order valence-electron chi connectivity index (χ4n) is 2.40. The minimum Gasteiger partial charge on any atom is -0.459 e. The highest BCUT2D eigenvalue weighted by Crippen LogP contribution is 2.23. The standard InChI is InChI=1S/C19H18ClN3O3/c1-12(17-10-14-4-2-3-5-16(14)26-17)22-18(24)11-25-23-19(21)13-6-8-15(20)9-7-13/h2-10,12H,11H2,1H3,(H2,21,23)(H,22,24). The average molecular weight is 372 g/mol. The first-order valence-electron chi connectivity index (χ1n) is 8.02. The molecule has 2 aromatic carbocycles. The second-order valence-corrected chi connectivity index (χ2v) is 6.17. The summed E-state index contributed by atoms with van der Waals surface area (Å²) in [6.07, 6.45) is 0. The number of carbonyl (C=O) groups excluding carboxylic acids is 1. The third kappa shape index (κ3) is 4.34. The van der Waals surface area contributed by atoms with Crippen molar-refractivity contribution in [3.05, 3.63) is 70.9 Å². The number of rotatable bonds is 6. The maximum Gasteiger partial charge on any atom is 0.261 e. The van der Waals surface area contributed by atoms with Crippen LogP contribution in [0.1, 0.15) is 24.3 Å². The number of amides is 1. The number of amidine groups is 1. The minimum absolute atomic E-state index is 0.166. The van der Waals surface area contributed by atoms with Crippen LogP contribution in [0.5, 0.6) is 0 Å². The summed E-state index contributed by atoms with van der Waals surface area (Å²) in [5, 5.41) is 8.12. The van der Waals surface area contributed by atoms with Crippen LogP contribution in [0.15, 0.2) is 64.2 Å². The molecule has 26 heavy (non-hydrogen) atoms. The molecule has 0 saturated carbocycles. The van der Waals surface area contributed by atoms with Crippen molar-refractivity contribution in [1.29, 1.82) is 0 Å². The van der Waals surface area contributed by atoms with E-state index in [0.29, 0.717) is 16.3 Å². The van der Waals surface area contributed by atoms with E-state index < -0.39 is 0 Å². The zero-order valence-electron chi connectivity index (χ0n) is 14.1. The molecule has 1 atom stereocenters. The number of nitrogens with two attached hydrogens (primary N) is 1. The van der Waals surface area contributed by atoms with Crippen molar-refractivity contribution in [2.24, 2.45) is 10.9 Å².